The fraction of sp³-hybridized carbons (Fsp3) is 1.00. The van der Waals surface area contributed by atoms with Gasteiger partial charge in [0.05, 0.1) is 0 Å². The molecule has 1 radical (unpaired) electrons. The van der Waals surface area contributed by atoms with Crippen LogP contribution >= 0.6 is 12.4 Å². The van der Waals surface area contributed by atoms with Crippen LogP contribution in [0.1, 0.15) is 27.7 Å². The van der Waals surface area contributed by atoms with E-state index >= 15 is 0 Å². The molecule has 0 fully saturated rings. The molecule has 0 rings (SSSR count). The van der Waals surface area contributed by atoms with Gasteiger partial charge in [-0.2, -0.15) is 0 Å². The zero-order valence-electron chi connectivity index (χ0n) is 7.55. The molecule has 0 aliphatic rings. The van der Waals surface area contributed by atoms with Crippen molar-refractivity contribution in [2.75, 3.05) is 0 Å². The minimum absolute atomic E-state index is 0. The minimum Gasteiger partial charge on any atom is -0.147 e. The smallest absolute Gasteiger partial charge is 0.147 e. The number of hydrogen-bond donors (Lipinski definition) is 0. The van der Waals surface area contributed by atoms with Gasteiger partial charge < -0.3 is 0 Å². The van der Waals surface area contributed by atoms with Gasteiger partial charge in [-0.15, -0.1) is 23.0 Å². The van der Waals surface area contributed by atoms with Gasteiger partial charge in [-0.3, -0.25) is 0 Å². The van der Waals surface area contributed by atoms with Crippen LogP contribution in [0.5, 0.6) is 0 Å². The van der Waals surface area contributed by atoms with Crippen LogP contribution in [0.25, 0.3) is 0 Å². The summed E-state index contributed by atoms with van der Waals surface area (Å²) < 4.78 is 0. The van der Waals surface area contributed by atoms with E-state index in [4.69, 9.17) is 0 Å². The Morgan fingerprint density at radius 2 is 1.18 bits per heavy atom. The lowest BCUT2D eigenvalue weighted by molar-refractivity contribution is 0.700. The molecule has 3 heteroatoms. The van der Waals surface area contributed by atoms with Gasteiger partial charge in [0, 0.05) is 0 Å². The van der Waals surface area contributed by atoms with Crippen molar-refractivity contribution in [1.29, 1.82) is 0 Å². The quantitative estimate of drug-likeness (QED) is 0.620. The Morgan fingerprint density at radius 3 is 1.36 bits per heavy atom. The molecule has 0 amide bonds. The molecule has 0 aromatic rings. The third-order valence-electron chi connectivity index (χ3n) is 1.28. The van der Waals surface area contributed by atoms with Crippen LogP contribution in [0.4, 0.5) is 0 Å². The summed E-state index contributed by atoms with van der Waals surface area (Å²) in [5.74, 6) is 1.86. The molecule has 0 heterocycles. The van der Waals surface area contributed by atoms with Crippen LogP contribution in [-0.2, 0) is 0 Å². The Balaban J connectivity index is -0.000000320. The summed E-state index contributed by atoms with van der Waals surface area (Å²) >= 11 is 0.755. The summed E-state index contributed by atoms with van der Waals surface area (Å²) in [5, 5.41) is 2.97. The summed E-state index contributed by atoms with van der Waals surface area (Å²) in [6, 6.07) is 0. The summed E-state index contributed by atoms with van der Waals surface area (Å²) in [5.41, 5.74) is 0. The average Bonchev–Trinajstić information content (AvgIpc) is 1.63. The fourth-order valence-corrected chi connectivity index (χ4v) is 2.29. The Hall–Kier alpha value is 1.35. The second-order valence-corrected chi connectivity index (χ2v) is 5.07. The maximum atomic E-state index is 2.31. The SMILES string of the molecule is CC(C)[CH2][Al][CH2]C(C)C.Cl.[AlH3]. The Bertz CT molecular complexity index is 57.1. The summed E-state index contributed by atoms with van der Waals surface area (Å²) in [6.45, 7) is 9.25. The first-order valence-corrected chi connectivity index (χ1v) is 5.58. The first kappa shape index (κ1) is 18.2. The van der Waals surface area contributed by atoms with Crippen LogP contribution in [-0.4, -0.2) is 32.6 Å². The predicted octanol–water partition coefficient (Wildman–Crippen LogP) is 2.08. The highest BCUT2D eigenvalue weighted by atomic mass is 35.5. The summed E-state index contributed by atoms with van der Waals surface area (Å²) in [6.07, 6.45) is 0. The summed E-state index contributed by atoms with van der Waals surface area (Å²) in [4.78, 5) is 0. The molecule has 11 heavy (non-hydrogen) atoms. The molecule has 0 aromatic carbocycles. The zero-order chi connectivity index (χ0) is 7.28. The van der Waals surface area contributed by atoms with Gasteiger partial charge in [0.15, 0.2) is 17.4 Å². The topological polar surface area (TPSA) is 0 Å². The molecule has 0 aliphatic heterocycles. The Labute approximate surface area is 94.8 Å². The lowest BCUT2D eigenvalue weighted by Gasteiger charge is -2.03. The van der Waals surface area contributed by atoms with Crippen molar-refractivity contribution in [3.05, 3.63) is 0 Å². The lowest BCUT2D eigenvalue weighted by atomic mass is 10.3. The van der Waals surface area contributed by atoms with E-state index in [0.717, 1.165) is 27.1 Å². The first-order valence-electron chi connectivity index (χ1n) is 3.94. The summed E-state index contributed by atoms with van der Waals surface area (Å²) in [7, 11) is 0. The lowest BCUT2D eigenvalue weighted by Crippen LogP contribution is -1.99. The molecule has 0 N–H and O–H groups in total. The highest BCUT2D eigenvalue weighted by Gasteiger charge is 1.98. The molecule has 0 aromatic heterocycles. The molecular formula is C8H22Al2Cl. The standard InChI is InChI=1S/2C4H9.2Al.ClH.3H/c2*1-4(2)3;;;;;;/h2*4H,1H2,2-3H3;;;1H;;;. The van der Waals surface area contributed by atoms with E-state index < -0.39 is 0 Å². The molecule has 0 saturated heterocycles. The maximum Gasteiger partial charge on any atom is 0.200 e. The third kappa shape index (κ3) is 18.4. The monoisotopic (exact) mass is 207 g/mol. The van der Waals surface area contributed by atoms with Crippen molar-refractivity contribution >= 4 is 45.0 Å². The highest BCUT2D eigenvalue weighted by Crippen LogP contribution is 2.05. The van der Waals surface area contributed by atoms with Gasteiger partial charge in [0.1, 0.15) is 0 Å². The predicted molar refractivity (Wildman–Crippen MR) is 62.2 cm³/mol. The van der Waals surface area contributed by atoms with Crippen LogP contribution in [0.2, 0.25) is 10.6 Å². The molecule has 0 bridgehead atoms. The minimum atomic E-state index is 0. The van der Waals surface area contributed by atoms with E-state index in [9.17, 15) is 0 Å². The van der Waals surface area contributed by atoms with Crippen molar-refractivity contribution in [1.82, 2.24) is 0 Å². The molecule has 0 nitrogen and oxygen atoms in total. The van der Waals surface area contributed by atoms with E-state index in [0.29, 0.717) is 0 Å². The molecule has 0 spiro atoms. The number of hydrogen-bond acceptors (Lipinski definition) is 0. The van der Waals surface area contributed by atoms with E-state index in [2.05, 4.69) is 27.7 Å². The van der Waals surface area contributed by atoms with Gasteiger partial charge in [0.25, 0.3) is 0 Å². The molecule has 0 saturated carbocycles. The van der Waals surface area contributed by atoms with E-state index in [1.807, 2.05) is 0 Å². The van der Waals surface area contributed by atoms with Crippen LogP contribution in [0.3, 0.4) is 0 Å². The second-order valence-electron chi connectivity index (χ2n) is 3.55. The van der Waals surface area contributed by atoms with Gasteiger partial charge in [-0.05, 0) is 0 Å². The zero-order valence-corrected chi connectivity index (χ0v) is 9.53. The van der Waals surface area contributed by atoms with Crippen molar-refractivity contribution in [3.63, 3.8) is 0 Å². The van der Waals surface area contributed by atoms with E-state index in [1.54, 1.807) is 0 Å². The average molecular weight is 208 g/mol. The normalized spacial score (nSPS) is 8.91. The van der Waals surface area contributed by atoms with Gasteiger partial charge in [-0.25, -0.2) is 0 Å². The third-order valence-corrected chi connectivity index (χ3v) is 3.83. The number of rotatable bonds is 4. The van der Waals surface area contributed by atoms with E-state index in [-0.39, 0.29) is 29.8 Å². The largest absolute Gasteiger partial charge is 0.200 e. The number of halogens is 1. The van der Waals surface area contributed by atoms with Crippen molar-refractivity contribution in [2.24, 2.45) is 11.8 Å². The Kier molecular flexibility index (Phi) is 18.8. The highest BCUT2D eigenvalue weighted by molar-refractivity contribution is 6.35. The van der Waals surface area contributed by atoms with E-state index in [1.165, 1.54) is 10.6 Å². The van der Waals surface area contributed by atoms with Crippen molar-refractivity contribution in [3.8, 4) is 0 Å². The van der Waals surface area contributed by atoms with Gasteiger partial charge in [-0.1, -0.05) is 39.5 Å². The molecule has 0 atom stereocenters. The maximum absolute atomic E-state index is 2.31. The second kappa shape index (κ2) is 11.4. The van der Waals surface area contributed by atoms with Gasteiger partial charge in [0.2, 0.25) is 15.2 Å². The van der Waals surface area contributed by atoms with Gasteiger partial charge >= 0.3 is 0 Å². The molecule has 0 aliphatic carbocycles. The van der Waals surface area contributed by atoms with Crippen LogP contribution in [0, 0.1) is 11.8 Å². The first-order chi connectivity index (χ1) is 4.13. The van der Waals surface area contributed by atoms with Crippen molar-refractivity contribution in [2.45, 2.75) is 38.3 Å². The molecular weight excluding hydrogens is 186 g/mol. The van der Waals surface area contributed by atoms with Crippen LogP contribution < -0.4 is 0 Å². The fourth-order valence-electron chi connectivity index (χ4n) is 0.763. The Morgan fingerprint density at radius 1 is 0.909 bits per heavy atom. The van der Waals surface area contributed by atoms with Crippen molar-refractivity contribution < 1.29 is 0 Å². The van der Waals surface area contributed by atoms with Crippen LogP contribution in [0.15, 0.2) is 0 Å². The molecule has 0 unspecified atom stereocenters. The molecule has 67 valence electrons.